The van der Waals surface area contributed by atoms with Crippen molar-refractivity contribution in [2.75, 3.05) is 6.61 Å². The lowest BCUT2D eigenvalue weighted by Gasteiger charge is -2.33. The lowest BCUT2D eigenvalue weighted by atomic mass is 9.94. The molecule has 1 fully saturated rings. The van der Waals surface area contributed by atoms with Gasteiger partial charge in [0.1, 0.15) is 12.4 Å². The molecule has 1 aromatic rings. The minimum Gasteiger partial charge on any atom is -0.458 e. The first-order chi connectivity index (χ1) is 13.9. The lowest BCUT2D eigenvalue weighted by Crippen LogP contribution is -2.40. The molecule has 0 bridgehead atoms. The fourth-order valence-corrected chi connectivity index (χ4v) is 4.40. The fourth-order valence-electron chi connectivity index (χ4n) is 3.26. The molecule has 1 amide bonds. The molecule has 0 saturated carbocycles. The molecule has 8 heteroatoms. The van der Waals surface area contributed by atoms with Gasteiger partial charge in [0.25, 0.3) is 0 Å². The maximum atomic E-state index is 13.0. The number of thioether (sulfide) groups is 1. The largest absolute Gasteiger partial charge is 0.458 e. The molecule has 0 aliphatic carbocycles. The standard InChI is InChI=1S/C21H22N2O5S/c1-5-11-27-20(26)17-12(3)22-21-23(19(25)16(6-2)29-21)18(17)14-7-9-15(10-8-14)28-13(4)24/h5,7-10,16,18H,1,6,11H2,2-4H3/t16-,18-/m1/s1. The summed E-state index contributed by atoms with van der Waals surface area (Å²) in [4.78, 5) is 43.1. The molecule has 0 N–H and O–H groups in total. The van der Waals surface area contributed by atoms with Gasteiger partial charge in [0, 0.05) is 6.92 Å². The number of aliphatic imine (C=N–C) groups is 1. The summed E-state index contributed by atoms with van der Waals surface area (Å²) in [5, 5.41) is 0.335. The van der Waals surface area contributed by atoms with E-state index in [2.05, 4.69) is 11.6 Å². The van der Waals surface area contributed by atoms with Crippen LogP contribution in [0.3, 0.4) is 0 Å². The molecule has 2 aliphatic rings. The van der Waals surface area contributed by atoms with E-state index in [4.69, 9.17) is 9.47 Å². The quantitative estimate of drug-likeness (QED) is 0.403. The van der Waals surface area contributed by atoms with Crippen molar-refractivity contribution in [2.45, 2.75) is 38.5 Å². The van der Waals surface area contributed by atoms with Crippen molar-refractivity contribution >= 4 is 34.8 Å². The van der Waals surface area contributed by atoms with E-state index in [1.54, 1.807) is 36.1 Å². The normalized spacial score (nSPS) is 20.9. The van der Waals surface area contributed by atoms with Crippen LogP contribution >= 0.6 is 11.8 Å². The zero-order valence-corrected chi connectivity index (χ0v) is 17.3. The molecule has 0 radical (unpaired) electrons. The molecule has 1 saturated heterocycles. The van der Waals surface area contributed by atoms with Crippen molar-refractivity contribution in [1.29, 1.82) is 0 Å². The second-order valence-corrected chi connectivity index (χ2v) is 7.74. The Morgan fingerprint density at radius 1 is 1.31 bits per heavy atom. The SMILES string of the molecule is C=CCOC(=O)C1=C(C)N=C2S[C@H](CC)C(=O)N2[C@@H]1c1ccc(OC(C)=O)cc1. The van der Waals surface area contributed by atoms with E-state index >= 15 is 0 Å². The van der Waals surface area contributed by atoms with Crippen molar-refractivity contribution in [2.24, 2.45) is 4.99 Å². The highest BCUT2D eigenvalue weighted by molar-refractivity contribution is 8.15. The first-order valence-corrected chi connectivity index (χ1v) is 10.1. The summed E-state index contributed by atoms with van der Waals surface area (Å²) in [5.74, 6) is -0.675. The minimum atomic E-state index is -0.664. The molecule has 1 aromatic carbocycles. The van der Waals surface area contributed by atoms with Gasteiger partial charge in [-0.3, -0.25) is 14.5 Å². The summed E-state index contributed by atoms with van der Waals surface area (Å²) in [6.45, 7) is 8.62. The maximum absolute atomic E-state index is 13.0. The summed E-state index contributed by atoms with van der Waals surface area (Å²) >= 11 is 1.40. The van der Waals surface area contributed by atoms with E-state index in [9.17, 15) is 14.4 Å². The number of rotatable bonds is 6. The van der Waals surface area contributed by atoms with E-state index in [-0.39, 0.29) is 17.8 Å². The number of fused-ring (bicyclic) bond motifs is 1. The molecule has 2 heterocycles. The third-order valence-electron chi connectivity index (χ3n) is 4.53. The Balaban J connectivity index is 2.05. The monoisotopic (exact) mass is 414 g/mol. The van der Waals surface area contributed by atoms with Crippen LogP contribution in [-0.4, -0.2) is 39.8 Å². The highest BCUT2D eigenvalue weighted by Gasteiger charge is 2.47. The van der Waals surface area contributed by atoms with Crippen LogP contribution < -0.4 is 4.74 Å². The highest BCUT2D eigenvalue weighted by Crippen LogP contribution is 2.44. The molecule has 2 atom stereocenters. The number of amidine groups is 1. The second-order valence-electron chi connectivity index (χ2n) is 6.57. The smallest absolute Gasteiger partial charge is 0.338 e. The van der Waals surface area contributed by atoms with Gasteiger partial charge in [-0.15, -0.1) is 0 Å². The summed E-state index contributed by atoms with van der Waals surface area (Å²) < 4.78 is 10.4. The van der Waals surface area contributed by atoms with Gasteiger partial charge in [-0.25, -0.2) is 9.79 Å². The molecule has 29 heavy (non-hydrogen) atoms. The first kappa shape index (κ1) is 20.9. The molecule has 0 spiro atoms. The van der Waals surface area contributed by atoms with Gasteiger partial charge in [0.15, 0.2) is 5.17 Å². The van der Waals surface area contributed by atoms with Gasteiger partial charge in [-0.2, -0.15) is 0 Å². The number of hydrogen-bond acceptors (Lipinski definition) is 7. The van der Waals surface area contributed by atoms with Crippen LogP contribution in [0, 0.1) is 0 Å². The Kier molecular flexibility index (Phi) is 6.22. The molecular formula is C21H22N2O5S. The predicted molar refractivity (Wildman–Crippen MR) is 110 cm³/mol. The molecular weight excluding hydrogens is 392 g/mol. The predicted octanol–water partition coefficient (Wildman–Crippen LogP) is 3.38. The molecule has 7 nitrogen and oxygen atoms in total. The number of carbonyl (C=O) groups is 3. The Labute approximate surface area is 173 Å². The van der Waals surface area contributed by atoms with E-state index < -0.39 is 18.0 Å². The minimum absolute atomic E-state index is 0.0601. The molecule has 2 aliphatic heterocycles. The Morgan fingerprint density at radius 2 is 2.00 bits per heavy atom. The Morgan fingerprint density at radius 3 is 2.59 bits per heavy atom. The van der Waals surface area contributed by atoms with Gasteiger partial charge in [0.2, 0.25) is 5.91 Å². The number of benzene rings is 1. The van der Waals surface area contributed by atoms with Crippen LogP contribution in [0.15, 0.2) is 53.2 Å². The van der Waals surface area contributed by atoms with Crippen LogP contribution in [0.25, 0.3) is 0 Å². The van der Waals surface area contributed by atoms with Gasteiger partial charge < -0.3 is 9.47 Å². The zero-order valence-electron chi connectivity index (χ0n) is 16.5. The Bertz CT molecular complexity index is 920. The number of nitrogens with zero attached hydrogens (tertiary/aromatic N) is 2. The average Bonchev–Trinajstić information content (AvgIpc) is 3.00. The zero-order chi connectivity index (χ0) is 21.1. The number of ether oxygens (including phenoxy) is 2. The number of amides is 1. The topological polar surface area (TPSA) is 85.3 Å². The van der Waals surface area contributed by atoms with Gasteiger partial charge in [0.05, 0.1) is 22.6 Å². The van der Waals surface area contributed by atoms with Gasteiger partial charge in [-0.05, 0) is 31.0 Å². The van der Waals surface area contributed by atoms with E-state index in [0.717, 1.165) is 0 Å². The molecule has 3 rings (SSSR count). The van der Waals surface area contributed by atoms with Crippen LogP contribution in [0.5, 0.6) is 5.75 Å². The van der Waals surface area contributed by atoms with Gasteiger partial charge >= 0.3 is 11.9 Å². The third kappa shape index (κ3) is 4.12. The van der Waals surface area contributed by atoms with Crippen molar-refractivity contribution in [3.8, 4) is 5.75 Å². The lowest BCUT2D eigenvalue weighted by molar-refractivity contribution is -0.139. The average molecular weight is 414 g/mol. The number of hydrogen-bond donors (Lipinski definition) is 0. The summed E-state index contributed by atoms with van der Waals surface area (Å²) in [5.41, 5.74) is 1.52. The maximum Gasteiger partial charge on any atom is 0.338 e. The summed E-state index contributed by atoms with van der Waals surface area (Å²) in [7, 11) is 0. The van der Waals surface area contributed by atoms with Crippen molar-refractivity contribution < 1.29 is 23.9 Å². The molecule has 0 aromatic heterocycles. The van der Waals surface area contributed by atoms with Crippen molar-refractivity contribution in [3.63, 3.8) is 0 Å². The van der Waals surface area contributed by atoms with Crippen molar-refractivity contribution in [1.82, 2.24) is 4.90 Å². The first-order valence-electron chi connectivity index (χ1n) is 9.23. The van der Waals surface area contributed by atoms with Crippen LogP contribution in [0.1, 0.15) is 38.8 Å². The van der Waals surface area contributed by atoms with E-state index in [1.165, 1.54) is 24.8 Å². The van der Waals surface area contributed by atoms with E-state index in [0.29, 0.717) is 34.2 Å². The van der Waals surface area contributed by atoms with Crippen LogP contribution in [0.2, 0.25) is 0 Å². The van der Waals surface area contributed by atoms with Crippen LogP contribution in [0.4, 0.5) is 0 Å². The number of allylic oxidation sites excluding steroid dienone is 1. The van der Waals surface area contributed by atoms with E-state index in [1.807, 2.05) is 6.92 Å². The van der Waals surface area contributed by atoms with Crippen molar-refractivity contribution in [3.05, 3.63) is 53.8 Å². The second kappa shape index (κ2) is 8.65. The molecule has 152 valence electrons. The van der Waals surface area contributed by atoms with Gasteiger partial charge in [-0.1, -0.05) is 43.5 Å². The summed E-state index contributed by atoms with van der Waals surface area (Å²) in [6.07, 6.45) is 2.14. The third-order valence-corrected chi connectivity index (χ3v) is 5.85. The number of carbonyl (C=O) groups excluding carboxylic acids is 3. The number of esters is 2. The van der Waals surface area contributed by atoms with Crippen LogP contribution in [-0.2, 0) is 19.1 Å². The highest BCUT2D eigenvalue weighted by atomic mass is 32.2. The Hall–Kier alpha value is -2.87. The molecule has 0 unspecified atom stereocenters. The fraction of sp³-hybridized carbons (Fsp3) is 0.333. The summed E-state index contributed by atoms with van der Waals surface area (Å²) in [6, 6.07) is 6.07.